The van der Waals surface area contributed by atoms with Crippen molar-refractivity contribution in [2.24, 2.45) is 0 Å². The van der Waals surface area contributed by atoms with Gasteiger partial charge >= 0.3 is 0 Å². The minimum absolute atomic E-state index is 0.0153. The normalized spacial score (nSPS) is 16.0. The van der Waals surface area contributed by atoms with E-state index in [0.29, 0.717) is 16.3 Å². The van der Waals surface area contributed by atoms with Crippen molar-refractivity contribution in [1.82, 2.24) is 4.31 Å². The van der Waals surface area contributed by atoms with E-state index in [2.05, 4.69) is 0 Å². The Kier molecular flexibility index (Phi) is 4.06. The quantitative estimate of drug-likeness (QED) is 0.805. The van der Waals surface area contributed by atoms with Crippen molar-refractivity contribution in [3.05, 3.63) is 22.7 Å². The van der Waals surface area contributed by atoms with Crippen LogP contribution in [0.25, 0.3) is 0 Å². The fraction of sp³-hybridized carbons (Fsp3) is 0.500. The van der Waals surface area contributed by atoms with Crippen LogP contribution in [0.3, 0.4) is 0 Å². The van der Waals surface area contributed by atoms with Gasteiger partial charge in [0.05, 0.1) is 11.5 Å². The van der Waals surface area contributed by atoms with Gasteiger partial charge in [-0.1, -0.05) is 11.6 Å². The SMILES string of the molecule is Cc1c(N)cc(S(=O)(=O)N(CCO)C2CC2)cc1Cl. The molecule has 3 N–H and O–H groups in total. The van der Waals surface area contributed by atoms with E-state index in [9.17, 15) is 8.42 Å². The number of aliphatic hydroxyl groups excluding tert-OH is 1. The molecule has 106 valence electrons. The highest BCUT2D eigenvalue weighted by atomic mass is 35.5. The van der Waals surface area contributed by atoms with Crippen LogP contribution in [0.15, 0.2) is 17.0 Å². The van der Waals surface area contributed by atoms with Crippen LogP contribution in [0, 0.1) is 6.92 Å². The van der Waals surface area contributed by atoms with Crippen LogP contribution in [0.4, 0.5) is 5.69 Å². The number of nitrogen functional groups attached to an aromatic ring is 1. The van der Waals surface area contributed by atoms with Gasteiger partial charge in [0, 0.05) is 23.3 Å². The molecule has 1 aromatic carbocycles. The number of aliphatic hydroxyl groups is 1. The molecule has 19 heavy (non-hydrogen) atoms. The van der Waals surface area contributed by atoms with Gasteiger partial charge in [0.25, 0.3) is 0 Å². The van der Waals surface area contributed by atoms with Crippen LogP contribution in [-0.2, 0) is 10.0 Å². The van der Waals surface area contributed by atoms with Crippen LogP contribution in [0.2, 0.25) is 5.02 Å². The maximum absolute atomic E-state index is 12.5. The molecule has 0 bridgehead atoms. The Hall–Kier alpha value is -0.820. The van der Waals surface area contributed by atoms with Gasteiger partial charge in [-0.2, -0.15) is 4.31 Å². The zero-order chi connectivity index (χ0) is 14.2. The molecule has 0 heterocycles. The van der Waals surface area contributed by atoms with Crippen molar-refractivity contribution in [1.29, 1.82) is 0 Å². The first-order valence-corrected chi connectivity index (χ1v) is 7.88. The van der Waals surface area contributed by atoms with E-state index >= 15 is 0 Å². The summed E-state index contributed by atoms with van der Waals surface area (Å²) in [6.07, 6.45) is 1.66. The summed E-state index contributed by atoms with van der Waals surface area (Å²) >= 11 is 5.99. The molecule has 1 aromatic rings. The van der Waals surface area contributed by atoms with E-state index < -0.39 is 10.0 Å². The van der Waals surface area contributed by atoms with Gasteiger partial charge in [0.15, 0.2) is 0 Å². The number of nitrogens with two attached hydrogens (primary N) is 1. The van der Waals surface area contributed by atoms with E-state index in [1.54, 1.807) is 6.92 Å². The number of sulfonamides is 1. The summed E-state index contributed by atoms with van der Waals surface area (Å²) in [5.41, 5.74) is 6.79. The number of rotatable bonds is 5. The summed E-state index contributed by atoms with van der Waals surface area (Å²) in [4.78, 5) is 0.0842. The van der Waals surface area contributed by atoms with Gasteiger partial charge in [-0.25, -0.2) is 8.42 Å². The Balaban J connectivity index is 2.43. The fourth-order valence-corrected chi connectivity index (χ4v) is 3.95. The highest BCUT2D eigenvalue weighted by Gasteiger charge is 2.37. The van der Waals surface area contributed by atoms with Crippen LogP contribution in [0.1, 0.15) is 18.4 Å². The first-order valence-electron chi connectivity index (χ1n) is 6.06. The summed E-state index contributed by atoms with van der Waals surface area (Å²) in [6, 6.07) is 2.82. The molecular formula is C12H17ClN2O3S. The molecule has 1 aliphatic carbocycles. The molecule has 0 unspecified atom stereocenters. The number of halogens is 1. The molecule has 0 radical (unpaired) electrons. The average Bonchev–Trinajstić information content (AvgIpc) is 3.16. The van der Waals surface area contributed by atoms with Crippen LogP contribution in [-0.4, -0.2) is 37.0 Å². The Labute approximate surface area is 118 Å². The first-order chi connectivity index (χ1) is 8.87. The summed E-state index contributed by atoms with van der Waals surface area (Å²) in [6.45, 7) is 1.63. The molecular weight excluding hydrogens is 288 g/mol. The third-order valence-electron chi connectivity index (χ3n) is 3.24. The van der Waals surface area contributed by atoms with Crippen LogP contribution < -0.4 is 5.73 Å². The molecule has 0 spiro atoms. The molecule has 0 aromatic heterocycles. The average molecular weight is 305 g/mol. The van der Waals surface area contributed by atoms with Gasteiger partial charge < -0.3 is 10.8 Å². The van der Waals surface area contributed by atoms with E-state index in [1.807, 2.05) is 0 Å². The molecule has 1 saturated carbocycles. The smallest absolute Gasteiger partial charge is 0.243 e. The van der Waals surface area contributed by atoms with Crippen molar-refractivity contribution in [2.45, 2.75) is 30.7 Å². The lowest BCUT2D eigenvalue weighted by molar-refractivity contribution is 0.250. The Morgan fingerprint density at radius 3 is 2.58 bits per heavy atom. The summed E-state index contributed by atoms with van der Waals surface area (Å²) in [5, 5.41) is 9.35. The molecule has 1 aliphatic rings. The topological polar surface area (TPSA) is 83.6 Å². The third kappa shape index (κ3) is 2.86. The summed E-state index contributed by atoms with van der Waals surface area (Å²) < 4.78 is 26.4. The molecule has 0 amide bonds. The maximum atomic E-state index is 12.5. The maximum Gasteiger partial charge on any atom is 0.243 e. The summed E-state index contributed by atoms with van der Waals surface area (Å²) in [7, 11) is -3.65. The highest BCUT2D eigenvalue weighted by molar-refractivity contribution is 7.89. The van der Waals surface area contributed by atoms with Crippen molar-refractivity contribution in [3.8, 4) is 0 Å². The van der Waals surface area contributed by atoms with Crippen molar-refractivity contribution < 1.29 is 13.5 Å². The Bertz CT molecular complexity index is 562. The molecule has 2 rings (SSSR count). The van der Waals surface area contributed by atoms with Gasteiger partial charge in [0.2, 0.25) is 10.0 Å². The molecule has 7 heteroatoms. The Morgan fingerprint density at radius 1 is 1.47 bits per heavy atom. The fourth-order valence-electron chi connectivity index (χ4n) is 1.92. The summed E-state index contributed by atoms with van der Waals surface area (Å²) in [5.74, 6) is 0. The zero-order valence-electron chi connectivity index (χ0n) is 10.6. The number of benzene rings is 1. The lowest BCUT2D eigenvalue weighted by atomic mass is 10.2. The van der Waals surface area contributed by atoms with Gasteiger partial charge in [-0.3, -0.25) is 0 Å². The lowest BCUT2D eigenvalue weighted by Crippen LogP contribution is -2.35. The lowest BCUT2D eigenvalue weighted by Gasteiger charge is -2.21. The number of nitrogens with zero attached hydrogens (tertiary/aromatic N) is 1. The van der Waals surface area contributed by atoms with Crippen molar-refractivity contribution >= 4 is 27.3 Å². The molecule has 5 nitrogen and oxygen atoms in total. The number of anilines is 1. The van der Waals surface area contributed by atoms with Gasteiger partial charge in [0.1, 0.15) is 0 Å². The second-order valence-corrected chi connectivity index (χ2v) is 6.99. The monoisotopic (exact) mass is 304 g/mol. The molecule has 1 fully saturated rings. The van der Waals surface area contributed by atoms with E-state index in [4.69, 9.17) is 22.4 Å². The van der Waals surface area contributed by atoms with Crippen LogP contribution in [0.5, 0.6) is 0 Å². The standard InChI is InChI=1S/C12H17ClN2O3S/c1-8-11(13)6-10(7-12(8)14)19(17,18)15(4-5-16)9-2-3-9/h6-7,9,16H,2-5,14H2,1H3. The predicted molar refractivity (Wildman–Crippen MR) is 74.6 cm³/mol. The second kappa shape index (κ2) is 5.28. The molecule has 0 atom stereocenters. The third-order valence-corrected chi connectivity index (χ3v) is 5.56. The minimum Gasteiger partial charge on any atom is -0.398 e. The van der Waals surface area contributed by atoms with Crippen molar-refractivity contribution in [3.63, 3.8) is 0 Å². The zero-order valence-corrected chi connectivity index (χ0v) is 12.2. The van der Waals surface area contributed by atoms with Gasteiger partial charge in [-0.05, 0) is 37.5 Å². The number of hydrogen-bond donors (Lipinski definition) is 2. The van der Waals surface area contributed by atoms with Crippen molar-refractivity contribution in [2.75, 3.05) is 18.9 Å². The van der Waals surface area contributed by atoms with E-state index in [0.717, 1.165) is 12.8 Å². The highest BCUT2D eigenvalue weighted by Crippen LogP contribution is 2.34. The largest absolute Gasteiger partial charge is 0.398 e. The van der Waals surface area contributed by atoms with E-state index in [1.165, 1.54) is 16.4 Å². The Morgan fingerprint density at radius 2 is 2.11 bits per heavy atom. The minimum atomic E-state index is -3.65. The first kappa shape index (κ1) is 14.6. The van der Waals surface area contributed by atoms with Crippen LogP contribution >= 0.6 is 11.6 Å². The van der Waals surface area contributed by atoms with Gasteiger partial charge in [-0.15, -0.1) is 0 Å². The predicted octanol–water partition coefficient (Wildman–Crippen LogP) is 1.38. The molecule has 0 saturated heterocycles. The molecule has 0 aliphatic heterocycles. The number of hydrogen-bond acceptors (Lipinski definition) is 4. The second-order valence-electron chi connectivity index (χ2n) is 4.69. The van der Waals surface area contributed by atoms with E-state index in [-0.39, 0.29) is 24.1 Å².